The Morgan fingerprint density at radius 1 is 1.44 bits per heavy atom. The summed E-state index contributed by atoms with van der Waals surface area (Å²) < 4.78 is 27.5. The zero-order chi connectivity index (χ0) is 12.8. The summed E-state index contributed by atoms with van der Waals surface area (Å²) in [5.41, 5.74) is 4.68. The molecule has 0 aromatic heterocycles. The van der Waals surface area contributed by atoms with Crippen molar-refractivity contribution in [3.8, 4) is 0 Å². The van der Waals surface area contributed by atoms with Crippen molar-refractivity contribution in [2.45, 2.75) is 27.2 Å². The van der Waals surface area contributed by atoms with Crippen molar-refractivity contribution in [3.05, 3.63) is 0 Å². The Morgan fingerprint density at radius 2 is 2.00 bits per heavy atom. The summed E-state index contributed by atoms with van der Waals surface area (Å²) in [4.78, 5) is 0. The Balaban J connectivity index is 4.34. The predicted octanol–water partition coefficient (Wildman–Crippen LogP) is -0.407. The first-order valence-electron chi connectivity index (χ1n) is 4.97. The molecule has 0 aliphatic carbocycles. The highest BCUT2D eigenvalue weighted by Crippen LogP contribution is 2.13. The highest BCUT2D eigenvalue weighted by Gasteiger charge is 2.25. The highest BCUT2D eigenvalue weighted by molar-refractivity contribution is 7.87. The molecule has 0 rings (SSSR count). The molecule has 0 atom stereocenters. The van der Waals surface area contributed by atoms with Crippen LogP contribution in [0.2, 0.25) is 0 Å². The molecule has 7 nitrogen and oxygen atoms in total. The summed E-state index contributed by atoms with van der Waals surface area (Å²) in [6.07, 6.45) is 0.713. The van der Waals surface area contributed by atoms with Gasteiger partial charge in [-0.2, -0.15) is 8.42 Å². The molecule has 0 fully saturated rings. The van der Waals surface area contributed by atoms with Gasteiger partial charge < -0.3 is 10.9 Å². The number of nitrogens with two attached hydrogens (primary N) is 1. The van der Waals surface area contributed by atoms with E-state index in [1.54, 1.807) is 13.8 Å². The number of nitrogens with one attached hydrogen (secondary N) is 2. The molecule has 16 heavy (non-hydrogen) atoms. The van der Waals surface area contributed by atoms with Crippen molar-refractivity contribution >= 4 is 16.0 Å². The van der Waals surface area contributed by atoms with Gasteiger partial charge in [-0.05, 0) is 6.42 Å². The third-order valence-corrected chi connectivity index (χ3v) is 3.16. The lowest BCUT2D eigenvalue weighted by Gasteiger charge is -2.23. The molecule has 0 aromatic rings. The molecule has 5 N–H and O–H groups in total. The molecule has 8 heteroatoms. The Bertz CT molecular complexity index is 337. The van der Waals surface area contributed by atoms with Crippen molar-refractivity contribution < 1.29 is 13.6 Å². The second-order valence-electron chi connectivity index (χ2n) is 4.09. The molecule has 0 saturated carbocycles. The number of amidine groups is 1. The second kappa shape index (κ2) is 6.02. The fourth-order valence-electron chi connectivity index (χ4n) is 0.789. The van der Waals surface area contributed by atoms with Crippen molar-refractivity contribution in [2.24, 2.45) is 16.3 Å². The summed E-state index contributed by atoms with van der Waals surface area (Å²) in [5, 5.41) is 11.4. The molecule has 0 aliphatic heterocycles. The lowest BCUT2D eigenvalue weighted by atomic mass is 9.93. The van der Waals surface area contributed by atoms with Gasteiger partial charge in [-0.1, -0.05) is 25.9 Å². The van der Waals surface area contributed by atoms with Crippen LogP contribution in [-0.4, -0.2) is 32.6 Å². The van der Waals surface area contributed by atoms with E-state index in [0.717, 1.165) is 0 Å². The summed E-state index contributed by atoms with van der Waals surface area (Å²) in [5.74, 6) is -0.0225. The fourth-order valence-corrected chi connectivity index (χ4v) is 1.91. The average Bonchev–Trinajstić information content (AvgIpc) is 2.23. The van der Waals surface area contributed by atoms with E-state index in [-0.39, 0.29) is 12.4 Å². The zero-order valence-electron chi connectivity index (χ0n) is 9.82. The van der Waals surface area contributed by atoms with E-state index in [1.165, 1.54) is 0 Å². The molecular weight excluding hydrogens is 232 g/mol. The highest BCUT2D eigenvalue weighted by atomic mass is 32.2. The van der Waals surface area contributed by atoms with Gasteiger partial charge in [0.05, 0.1) is 0 Å². The molecule has 96 valence electrons. The number of rotatable bonds is 7. The average molecular weight is 252 g/mol. The maximum absolute atomic E-state index is 11.4. The van der Waals surface area contributed by atoms with E-state index < -0.39 is 15.6 Å². The van der Waals surface area contributed by atoms with Gasteiger partial charge in [-0.25, -0.2) is 9.44 Å². The minimum absolute atomic E-state index is 0.0225. The molecule has 0 spiro atoms. The van der Waals surface area contributed by atoms with E-state index in [9.17, 15) is 8.42 Å². The van der Waals surface area contributed by atoms with Crippen LogP contribution in [0.3, 0.4) is 0 Å². The Kier molecular flexibility index (Phi) is 5.70. The third-order valence-electron chi connectivity index (χ3n) is 2.05. The number of nitrogens with zero attached hydrogens (tertiary/aromatic N) is 1. The quantitative estimate of drug-likeness (QED) is 0.213. The molecule has 0 bridgehead atoms. The van der Waals surface area contributed by atoms with Crippen LogP contribution in [0, 0.1) is 5.41 Å². The maximum Gasteiger partial charge on any atom is 0.276 e. The predicted molar refractivity (Wildman–Crippen MR) is 62.4 cm³/mol. The van der Waals surface area contributed by atoms with Crippen LogP contribution >= 0.6 is 0 Å². The molecule has 0 aliphatic rings. The smallest absolute Gasteiger partial charge is 0.276 e. The fraction of sp³-hybridized carbons (Fsp3) is 0.875. The van der Waals surface area contributed by atoms with Gasteiger partial charge in [-0.15, -0.1) is 0 Å². The topological polar surface area (TPSA) is 117 Å². The molecule has 0 unspecified atom stereocenters. The normalized spacial score (nSPS) is 14.1. The molecule has 0 radical (unpaired) electrons. The van der Waals surface area contributed by atoms with Crippen LogP contribution in [-0.2, 0) is 10.2 Å². The standard InChI is InChI=1S/C8H20N4O3S/c1-4-5-10-16(14,15)11-6-8(2,3)7(9)12-13/h10-11,13H,4-6H2,1-3H3,(H2,9,12). The van der Waals surface area contributed by atoms with E-state index >= 15 is 0 Å². The van der Waals surface area contributed by atoms with Gasteiger partial charge in [0.15, 0.2) is 0 Å². The third kappa shape index (κ3) is 5.29. The first kappa shape index (κ1) is 15.1. The van der Waals surface area contributed by atoms with Crippen molar-refractivity contribution in [3.63, 3.8) is 0 Å². The number of hydrogen-bond donors (Lipinski definition) is 4. The van der Waals surface area contributed by atoms with Gasteiger partial charge in [0, 0.05) is 18.5 Å². The van der Waals surface area contributed by atoms with E-state index in [2.05, 4.69) is 14.6 Å². The van der Waals surface area contributed by atoms with Gasteiger partial charge in [0.25, 0.3) is 10.2 Å². The zero-order valence-corrected chi connectivity index (χ0v) is 10.6. The summed E-state index contributed by atoms with van der Waals surface area (Å²) in [6, 6.07) is 0. The van der Waals surface area contributed by atoms with Crippen molar-refractivity contribution in [2.75, 3.05) is 13.1 Å². The molecular formula is C8H20N4O3S. The van der Waals surface area contributed by atoms with Crippen LogP contribution < -0.4 is 15.2 Å². The molecule has 0 heterocycles. The number of hydrogen-bond acceptors (Lipinski definition) is 4. The van der Waals surface area contributed by atoms with E-state index in [1.807, 2.05) is 6.92 Å². The molecule has 0 saturated heterocycles. The van der Waals surface area contributed by atoms with E-state index in [0.29, 0.717) is 13.0 Å². The van der Waals surface area contributed by atoms with Gasteiger partial charge in [-0.3, -0.25) is 0 Å². The van der Waals surface area contributed by atoms with Gasteiger partial charge >= 0.3 is 0 Å². The van der Waals surface area contributed by atoms with Crippen LogP contribution in [0.5, 0.6) is 0 Å². The van der Waals surface area contributed by atoms with Crippen LogP contribution in [0.15, 0.2) is 5.16 Å². The Morgan fingerprint density at radius 3 is 2.44 bits per heavy atom. The van der Waals surface area contributed by atoms with Gasteiger partial charge in [0.2, 0.25) is 0 Å². The second-order valence-corrected chi connectivity index (χ2v) is 5.67. The lowest BCUT2D eigenvalue weighted by molar-refractivity contribution is 0.307. The van der Waals surface area contributed by atoms with Crippen molar-refractivity contribution in [1.82, 2.24) is 9.44 Å². The lowest BCUT2D eigenvalue weighted by Crippen LogP contribution is -2.46. The molecule has 0 aromatic carbocycles. The van der Waals surface area contributed by atoms with Crippen LogP contribution in [0.25, 0.3) is 0 Å². The van der Waals surface area contributed by atoms with E-state index in [4.69, 9.17) is 10.9 Å². The SMILES string of the molecule is CCCNS(=O)(=O)NCC(C)(C)C(N)=NO. The first-order valence-corrected chi connectivity index (χ1v) is 6.45. The minimum Gasteiger partial charge on any atom is -0.409 e. The van der Waals surface area contributed by atoms with Crippen LogP contribution in [0.1, 0.15) is 27.2 Å². The Labute approximate surface area is 96.3 Å². The Hall–Kier alpha value is -0.860. The summed E-state index contributed by atoms with van der Waals surface area (Å²) in [6.45, 7) is 5.64. The largest absolute Gasteiger partial charge is 0.409 e. The minimum atomic E-state index is -3.51. The number of oxime groups is 1. The summed E-state index contributed by atoms with van der Waals surface area (Å²) >= 11 is 0. The van der Waals surface area contributed by atoms with Crippen LogP contribution in [0.4, 0.5) is 0 Å². The molecule has 0 amide bonds. The monoisotopic (exact) mass is 252 g/mol. The first-order chi connectivity index (χ1) is 7.25. The van der Waals surface area contributed by atoms with Gasteiger partial charge in [0.1, 0.15) is 5.84 Å². The maximum atomic E-state index is 11.4. The summed E-state index contributed by atoms with van der Waals surface area (Å²) in [7, 11) is -3.51. The van der Waals surface area contributed by atoms with Crippen molar-refractivity contribution in [1.29, 1.82) is 0 Å².